The van der Waals surface area contributed by atoms with Gasteiger partial charge in [0.15, 0.2) is 0 Å². The molecule has 1 aromatic carbocycles. The van der Waals surface area contributed by atoms with Crippen LogP contribution in [0.25, 0.3) is 0 Å². The number of carbonyl (C=O) groups is 1. The number of rotatable bonds is 5. The number of ether oxygens (including phenoxy) is 1. The predicted octanol–water partition coefficient (Wildman–Crippen LogP) is 1.81. The highest BCUT2D eigenvalue weighted by atomic mass is 35.5. The molecule has 4 nitrogen and oxygen atoms in total. The molecule has 0 saturated carbocycles. The second-order valence-corrected chi connectivity index (χ2v) is 4.58. The van der Waals surface area contributed by atoms with Gasteiger partial charge in [0, 0.05) is 24.3 Å². The van der Waals surface area contributed by atoms with E-state index >= 15 is 0 Å². The lowest BCUT2D eigenvalue weighted by Gasteiger charge is -2.12. The van der Waals surface area contributed by atoms with E-state index in [1.54, 1.807) is 18.2 Å². The molecule has 1 atom stereocenters. The minimum atomic E-state index is -0.184. The van der Waals surface area contributed by atoms with Gasteiger partial charge in [0.1, 0.15) is 0 Å². The van der Waals surface area contributed by atoms with Crippen LogP contribution in [0.5, 0.6) is 0 Å². The number of halogens is 1. The first-order valence-electron chi connectivity index (χ1n) is 6.46. The number of amides is 1. The first-order chi connectivity index (χ1) is 9.58. The fraction of sp³-hybridized carbons (Fsp3) is 0.400. The Morgan fingerprint density at radius 3 is 2.90 bits per heavy atom. The van der Waals surface area contributed by atoms with Gasteiger partial charge in [-0.3, -0.25) is 4.79 Å². The molecule has 0 aliphatic rings. The Morgan fingerprint density at radius 1 is 1.55 bits per heavy atom. The second-order valence-electron chi connectivity index (χ2n) is 4.18. The van der Waals surface area contributed by atoms with Crippen molar-refractivity contribution in [1.29, 1.82) is 0 Å². The quantitative estimate of drug-likeness (QED) is 0.814. The third kappa shape index (κ3) is 5.22. The van der Waals surface area contributed by atoms with Crippen molar-refractivity contribution in [2.24, 2.45) is 5.73 Å². The lowest BCUT2D eigenvalue weighted by atomic mass is 10.1. The molecule has 0 fully saturated rings. The number of benzene rings is 1. The standard InChI is InChI=1S/C15H19ClN2O2/c1-3-20-11(2)10-18-15(19)13-7-6-12(5-4-8-17)14(16)9-13/h6-7,9,11H,3,8,10,17H2,1-2H3,(H,18,19). The Labute approximate surface area is 124 Å². The Morgan fingerprint density at radius 2 is 2.30 bits per heavy atom. The highest BCUT2D eigenvalue weighted by molar-refractivity contribution is 6.32. The van der Waals surface area contributed by atoms with Gasteiger partial charge in [-0.25, -0.2) is 0 Å². The highest BCUT2D eigenvalue weighted by Crippen LogP contribution is 2.17. The van der Waals surface area contributed by atoms with Crippen molar-refractivity contribution in [2.75, 3.05) is 19.7 Å². The summed E-state index contributed by atoms with van der Waals surface area (Å²) in [6.07, 6.45) is -0.0193. The summed E-state index contributed by atoms with van der Waals surface area (Å²) in [5, 5.41) is 3.24. The molecule has 1 unspecified atom stereocenters. The maximum absolute atomic E-state index is 11.9. The van der Waals surface area contributed by atoms with Gasteiger partial charge in [-0.2, -0.15) is 0 Å². The van der Waals surface area contributed by atoms with Crippen LogP contribution in [0.4, 0.5) is 0 Å². The van der Waals surface area contributed by atoms with Crippen LogP contribution in [0.2, 0.25) is 5.02 Å². The van der Waals surface area contributed by atoms with Gasteiger partial charge >= 0.3 is 0 Å². The van der Waals surface area contributed by atoms with Gasteiger partial charge in [-0.15, -0.1) is 0 Å². The Bertz CT molecular complexity index is 520. The zero-order valence-electron chi connectivity index (χ0n) is 11.7. The molecule has 1 amide bonds. The van der Waals surface area contributed by atoms with E-state index in [4.69, 9.17) is 22.1 Å². The molecule has 0 aliphatic heterocycles. The van der Waals surface area contributed by atoms with Crippen molar-refractivity contribution in [3.05, 3.63) is 34.3 Å². The molecule has 0 radical (unpaired) electrons. The summed E-state index contributed by atoms with van der Waals surface area (Å²) in [6, 6.07) is 5.00. The third-order valence-corrected chi connectivity index (χ3v) is 2.87. The van der Waals surface area contributed by atoms with Crippen molar-refractivity contribution in [2.45, 2.75) is 20.0 Å². The molecular weight excluding hydrogens is 276 g/mol. The van der Waals surface area contributed by atoms with E-state index in [1.807, 2.05) is 13.8 Å². The van der Waals surface area contributed by atoms with E-state index in [9.17, 15) is 4.79 Å². The lowest BCUT2D eigenvalue weighted by molar-refractivity contribution is 0.0695. The second kappa shape index (κ2) is 8.60. The zero-order valence-corrected chi connectivity index (χ0v) is 12.5. The zero-order chi connectivity index (χ0) is 15.0. The Balaban J connectivity index is 2.68. The number of nitrogens with one attached hydrogen (secondary N) is 1. The van der Waals surface area contributed by atoms with Crippen molar-refractivity contribution in [3.8, 4) is 11.8 Å². The summed E-state index contributed by atoms with van der Waals surface area (Å²) in [6.45, 7) is 5.17. The van der Waals surface area contributed by atoms with Gasteiger partial charge in [0.2, 0.25) is 0 Å². The predicted molar refractivity (Wildman–Crippen MR) is 80.8 cm³/mol. The average Bonchev–Trinajstić information content (AvgIpc) is 2.43. The van der Waals surface area contributed by atoms with Gasteiger partial charge < -0.3 is 15.8 Å². The highest BCUT2D eigenvalue weighted by Gasteiger charge is 2.09. The van der Waals surface area contributed by atoms with E-state index in [0.29, 0.717) is 29.3 Å². The third-order valence-electron chi connectivity index (χ3n) is 2.56. The first-order valence-corrected chi connectivity index (χ1v) is 6.84. The van der Waals surface area contributed by atoms with Crippen LogP contribution >= 0.6 is 11.6 Å². The van der Waals surface area contributed by atoms with Crippen LogP contribution in [-0.4, -0.2) is 31.7 Å². The molecule has 1 rings (SSSR count). The lowest BCUT2D eigenvalue weighted by Crippen LogP contribution is -2.32. The van der Waals surface area contributed by atoms with E-state index in [-0.39, 0.29) is 18.6 Å². The summed E-state index contributed by atoms with van der Waals surface area (Å²) in [7, 11) is 0. The average molecular weight is 295 g/mol. The van der Waals surface area contributed by atoms with Crippen molar-refractivity contribution >= 4 is 17.5 Å². The van der Waals surface area contributed by atoms with Crippen LogP contribution < -0.4 is 11.1 Å². The SMILES string of the molecule is CCOC(C)CNC(=O)c1ccc(C#CCN)c(Cl)c1. The molecule has 1 aromatic rings. The van der Waals surface area contributed by atoms with Crippen LogP contribution in [-0.2, 0) is 4.74 Å². The fourth-order valence-corrected chi connectivity index (χ4v) is 1.81. The van der Waals surface area contributed by atoms with Gasteiger partial charge in [-0.05, 0) is 32.0 Å². The molecule has 108 valence electrons. The van der Waals surface area contributed by atoms with Crippen molar-refractivity contribution < 1.29 is 9.53 Å². The molecular formula is C15H19ClN2O2. The number of nitrogens with two attached hydrogens (primary N) is 1. The van der Waals surface area contributed by atoms with Crippen LogP contribution in [0.3, 0.4) is 0 Å². The summed E-state index contributed by atoms with van der Waals surface area (Å²) in [5.74, 6) is 5.39. The minimum absolute atomic E-state index is 0.0193. The Kier molecular flexibility index (Phi) is 7.10. The minimum Gasteiger partial charge on any atom is -0.377 e. The number of hydrogen-bond donors (Lipinski definition) is 2. The van der Waals surface area contributed by atoms with E-state index in [1.165, 1.54) is 0 Å². The van der Waals surface area contributed by atoms with Crippen molar-refractivity contribution in [1.82, 2.24) is 5.32 Å². The summed E-state index contributed by atoms with van der Waals surface area (Å²) in [4.78, 5) is 11.9. The van der Waals surface area contributed by atoms with Crippen LogP contribution in [0, 0.1) is 11.8 Å². The van der Waals surface area contributed by atoms with Gasteiger partial charge in [-0.1, -0.05) is 23.4 Å². The summed E-state index contributed by atoms with van der Waals surface area (Å²) < 4.78 is 5.34. The molecule has 3 N–H and O–H groups in total. The van der Waals surface area contributed by atoms with E-state index < -0.39 is 0 Å². The molecule has 5 heteroatoms. The summed E-state index contributed by atoms with van der Waals surface area (Å²) in [5.41, 5.74) is 6.46. The summed E-state index contributed by atoms with van der Waals surface area (Å²) >= 11 is 6.07. The van der Waals surface area contributed by atoms with Gasteiger partial charge in [0.05, 0.1) is 17.7 Å². The van der Waals surface area contributed by atoms with Crippen LogP contribution in [0.15, 0.2) is 18.2 Å². The molecule has 20 heavy (non-hydrogen) atoms. The number of carbonyl (C=O) groups excluding carboxylic acids is 1. The maximum atomic E-state index is 11.9. The molecule has 0 bridgehead atoms. The Hall–Kier alpha value is -1.54. The molecule has 0 saturated heterocycles. The van der Waals surface area contributed by atoms with Crippen molar-refractivity contribution in [3.63, 3.8) is 0 Å². The molecule has 0 aromatic heterocycles. The first kappa shape index (κ1) is 16.5. The van der Waals surface area contributed by atoms with E-state index in [2.05, 4.69) is 17.2 Å². The van der Waals surface area contributed by atoms with Crippen LogP contribution in [0.1, 0.15) is 29.8 Å². The largest absolute Gasteiger partial charge is 0.377 e. The monoisotopic (exact) mass is 294 g/mol. The smallest absolute Gasteiger partial charge is 0.251 e. The molecule has 0 aliphatic carbocycles. The number of hydrogen-bond acceptors (Lipinski definition) is 3. The normalized spacial score (nSPS) is 11.4. The molecule has 0 spiro atoms. The van der Waals surface area contributed by atoms with E-state index in [0.717, 1.165) is 0 Å². The molecule has 0 heterocycles. The maximum Gasteiger partial charge on any atom is 0.251 e. The topological polar surface area (TPSA) is 64.3 Å². The van der Waals surface area contributed by atoms with Gasteiger partial charge in [0.25, 0.3) is 5.91 Å². The fourth-order valence-electron chi connectivity index (χ4n) is 1.59.